The van der Waals surface area contributed by atoms with E-state index in [-0.39, 0.29) is 5.56 Å². The molecule has 0 aromatic heterocycles. The van der Waals surface area contributed by atoms with Gasteiger partial charge in [0.1, 0.15) is 17.3 Å². The first-order valence-corrected chi connectivity index (χ1v) is 9.59. The van der Waals surface area contributed by atoms with E-state index in [0.717, 1.165) is 6.07 Å². The molecule has 11 heteroatoms. The van der Waals surface area contributed by atoms with Crippen LogP contribution in [0.15, 0.2) is 18.2 Å². The number of ketones is 3. The highest BCUT2D eigenvalue weighted by molar-refractivity contribution is 6.25. The number of phenolic OH excluding ortho intramolecular Hbond substituents is 1. The third-order valence-electron chi connectivity index (χ3n) is 7.01. The van der Waals surface area contributed by atoms with Gasteiger partial charge in [-0.05, 0) is 12.5 Å². The molecule has 1 aromatic carbocycles. The van der Waals surface area contributed by atoms with Gasteiger partial charge in [-0.2, -0.15) is 0 Å². The van der Waals surface area contributed by atoms with Crippen LogP contribution in [0.1, 0.15) is 22.3 Å². The van der Waals surface area contributed by atoms with E-state index >= 15 is 0 Å². The zero-order valence-electron chi connectivity index (χ0n) is 16.0. The minimum atomic E-state index is -3.03. The largest absolute Gasteiger partial charge is 0.507 e. The molecule has 166 valence electrons. The average molecular weight is 435 g/mol. The Morgan fingerprint density at radius 3 is 2.35 bits per heavy atom. The minimum absolute atomic E-state index is 0.226. The van der Waals surface area contributed by atoms with Crippen molar-refractivity contribution >= 4 is 23.3 Å². The maximum absolute atomic E-state index is 13.4. The van der Waals surface area contributed by atoms with Crippen LogP contribution in [0.5, 0.6) is 5.75 Å². The van der Waals surface area contributed by atoms with Gasteiger partial charge in [-0.25, -0.2) is 0 Å². The predicted octanol–water partition coefficient (Wildman–Crippen LogP) is -3.27. The number of amides is 1. The van der Waals surface area contributed by atoms with Gasteiger partial charge < -0.3 is 36.4 Å². The Bertz CT molecular complexity index is 1020. The van der Waals surface area contributed by atoms with Crippen molar-refractivity contribution in [3.8, 4) is 5.75 Å². The number of rotatable bonds is 2. The van der Waals surface area contributed by atoms with Crippen LogP contribution < -0.4 is 5.73 Å². The number of fused-ring (bicyclic) bond motifs is 3. The van der Waals surface area contributed by atoms with Crippen molar-refractivity contribution in [1.29, 1.82) is 0 Å². The van der Waals surface area contributed by atoms with E-state index in [1.54, 1.807) is 0 Å². The normalized spacial score (nSPS) is 41.9. The molecule has 0 spiro atoms. The van der Waals surface area contributed by atoms with Gasteiger partial charge in [-0.15, -0.1) is 0 Å². The molecule has 8 atom stereocenters. The number of aromatic hydroxyl groups is 1. The van der Waals surface area contributed by atoms with E-state index in [1.807, 2.05) is 0 Å². The van der Waals surface area contributed by atoms with Crippen LogP contribution in [-0.4, -0.2) is 78.3 Å². The van der Waals surface area contributed by atoms with Crippen molar-refractivity contribution in [2.24, 2.45) is 29.4 Å². The van der Waals surface area contributed by atoms with Crippen molar-refractivity contribution < 1.29 is 49.8 Å². The Kier molecular flexibility index (Phi) is 4.62. The Morgan fingerprint density at radius 2 is 1.77 bits per heavy atom. The molecule has 1 aromatic rings. The maximum Gasteiger partial charge on any atom is 0.230 e. The van der Waals surface area contributed by atoms with Crippen LogP contribution in [0.4, 0.5) is 0 Å². The second-order valence-corrected chi connectivity index (χ2v) is 8.42. The quantitative estimate of drug-likeness (QED) is 0.230. The summed E-state index contributed by atoms with van der Waals surface area (Å²) in [6, 6.07) is 3.64. The molecule has 5 unspecified atom stereocenters. The standard InChI is InChI=1S/C20H21NO10/c21-18(29)11-9(24)4-7-14(25)13-12(17(28)20(7,31)16(11)27)15(26)10-6(19(13,30)5-22)2-1-3-8(10)23/h1-3,7,9,11-14,22-25,30-31H,4-5H2,(H2,21,29)/t7-,9?,11?,12?,13-,14?,19?,20-/m1/s1. The molecule has 0 radical (unpaired) electrons. The monoisotopic (exact) mass is 435 g/mol. The number of phenols is 1. The summed E-state index contributed by atoms with van der Waals surface area (Å²) in [5.41, 5.74) is -1.00. The lowest BCUT2D eigenvalue weighted by atomic mass is 9.49. The third-order valence-corrected chi connectivity index (χ3v) is 7.01. The summed E-state index contributed by atoms with van der Waals surface area (Å²) in [7, 11) is 0. The smallest absolute Gasteiger partial charge is 0.230 e. The van der Waals surface area contributed by atoms with Gasteiger partial charge in [0.15, 0.2) is 23.0 Å². The zero-order chi connectivity index (χ0) is 23.0. The number of aliphatic hydroxyl groups is 5. The number of hydrogen-bond donors (Lipinski definition) is 7. The molecule has 11 nitrogen and oxygen atoms in total. The summed E-state index contributed by atoms with van der Waals surface area (Å²) in [5.74, 6) is -13.1. The summed E-state index contributed by atoms with van der Waals surface area (Å²) < 4.78 is 0. The SMILES string of the molecule is NC(=O)C1C(=O)[C@@]2(O)C(=O)C3C(=O)c4c(O)cccc4C(O)(CO)[C@H]3C(O)[C@H]2CC1O. The number of hydrogen-bond acceptors (Lipinski definition) is 10. The zero-order valence-corrected chi connectivity index (χ0v) is 16.0. The van der Waals surface area contributed by atoms with E-state index in [0.29, 0.717) is 0 Å². The van der Waals surface area contributed by atoms with Crippen molar-refractivity contribution in [2.45, 2.75) is 29.8 Å². The van der Waals surface area contributed by atoms with Gasteiger partial charge in [0.05, 0.1) is 30.3 Å². The number of Topliss-reactive ketones (excluding diaryl/α,β-unsaturated/α-hetero) is 3. The first kappa shape index (κ1) is 21.5. The second kappa shape index (κ2) is 6.65. The topological polar surface area (TPSA) is 216 Å². The van der Waals surface area contributed by atoms with Crippen LogP contribution in [0.2, 0.25) is 0 Å². The lowest BCUT2D eigenvalue weighted by Crippen LogP contribution is -2.75. The Labute approximate surface area is 174 Å². The minimum Gasteiger partial charge on any atom is -0.507 e. The molecule has 0 saturated heterocycles. The van der Waals surface area contributed by atoms with Gasteiger partial charge in [-0.3, -0.25) is 19.2 Å². The summed E-state index contributed by atoms with van der Waals surface area (Å²) in [6.07, 6.45) is -4.24. The number of benzene rings is 1. The molecular formula is C20H21NO10. The van der Waals surface area contributed by atoms with Gasteiger partial charge >= 0.3 is 0 Å². The second-order valence-electron chi connectivity index (χ2n) is 8.42. The molecule has 0 aliphatic heterocycles. The van der Waals surface area contributed by atoms with Gasteiger partial charge in [0.2, 0.25) is 5.91 Å². The fourth-order valence-electron chi connectivity index (χ4n) is 5.54. The van der Waals surface area contributed by atoms with Crippen molar-refractivity contribution in [1.82, 2.24) is 0 Å². The maximum atomic E-state index is 13.4. The molecule has 2 fully saturated rings. The van der Waals surface area contributed by atoms with Gasteiger partial charge in [-0.1, -0.05) is 12.1 Å². The van der Waals surface area contributed by atoms with Crippen LogP contribution >= 0.6 is 0 Å². The van der Waals surface area contributed by atoms with Crippen LogP contribution in [0.25, 0.3) is 0 Å². The molecule has 1 amide bonds. The molecule has 8 N–H and O–H groups in total. The van der Waals surface area contributed by atoms with Crippen molar-refractivity contribution in [3.63, 3.8) is 0 Å². The predicted molar refractivity (Wildman–Crippen MR) is 98.2 cm³/mol. The van der Waals surface area contributed by atoms with Crippen LogP contribution in [0.3, 0.4) is 0 Å². The highest BCUT2D eigenvalue weighted by Crippen LogP contribution is 2.55. The molecule has 2 saturated carbocycles. The van der Waals surface area contributed by atoms with E-state index in [1.165, 1.54) is 12.1 Å². The van der Waals surface area contributed by atoms with Crippen molar-refractivity contribution in [3.05, 3.63) is 29.3 Å². The number of primary amides is 1. The van der Waals surface area contributed by atoms with Crippen LogP contribution in [0, 0.1) is 23.7 Å². The molecular weight excluding hydrogens is 414 g/mol. The van der Waals surface area contributed by atoms with Gasteiger partial charge in [0, 0.05) is 17.4 Å². The highest BCUT2D eigenvalue weighted by Gasteiger charge is 2.72. The Hall–Kier alpha value is -2.70. The molecule has 4 rings (SSSR count). The number of aliphatic hydroxyl groups excluding tert-OH is 3. The number of nitrogens with two attached hydrogens (primary N) is 1. The van der Waals surface area contributed by atoms with Gasteiger partial charge in [0.25, 0.3) is 0 Å². The first-order valence-electron chi connectivity index (χ1n) is 9.59. The summed E-state index contributed by atoms with van der Waals surface area (Å²) in [6.45, 7) is -1.06. The van der Waals surface area contributed by atoms with E-state index < -0.39 is 94.7 Å². The molecule has 3 aliphatic carbocycles. The fourth-order valence-corrected chi connectivity index (χ4v) is 5.54. The molecule has 0 heterocycles. The van der Waals surface area contributed by atoms with E-state index in [4.69, 9.17) is 5.73 Å². The molecule has 3 aliphatic rings. The number of carbonyl (C=O) groups excluding carboxylic acids is 4. The summed E-state index contributed by atoms with van der Waals surface area (Å²) >= 11 is 0. The first-order chi connectivity index (χ1) is 14.4. The third kappa shape index (κ3) is 2.46. The number of carbonyl (C=O) groups is 4. The Balaban J connectivity index is 1.95. The van der Waals surface area contributed by atoms with E-state index in [2.05, 4.69) is 0 Å². The summed E-state index contributed by atoms with van der Waals surface area (Å²) in [5, 5.41) is 63.8. The van der Waals surface area contributed by atoms with E-state index in [9.17, 15) is 49.8 Å². The van der Waals surface area contributed by atoms with Crippen molar-refractivity contribution in [2.75, 3.05) is 6.61 Å². The lowest BCUT2D eigenvalue weighted by Gasteiger charge is -2.56. The fraction of sp³-hybridized carbons (Fsp3) is 0.500. The molecule has 31 heavy (non-hydrogen) atoms. The Morgan fingerprint density at radius 1 is 1.13 bits per heavy atom. The highest BCUT2D eigenvalue weighted by atomic mass is 16.3. The summed E-state index contributed by atoms with van der Waals surface area (Å²) in [4.78, 5) is 51.1. The van der Waals surface area contributed by atoms with Crippen LogP contribution in [-0.2, 0) is 20.0 Å². The lowest BCUT2D eigenvalue weighted by molar-refractivity contribution is -0.216. The average Bonchev–Trinajstić information content (AvgIpc) is 2.70. The molecule has 0 bridgehead atoms.